The van der Waals surface area contributed by atoms with Crippen LogP contribution in [0.4, 0.5) is 0 Å². The third-order valence-electron chi connectivity index (χ3n) is 2.65. The molecule has 0 radical (unpaired) electrons. The van der Waals surface area contributed by atoms with Crippen LogP contribution < -0.4 is 0 Å². The lowest BCUT2D eigenvalue weighted by molar-refractivity contribution is -0.172. The molecule has 0 rings (SSSR count). The Bertz CT molecular complexity index is 189. The summed E-state index contributed by atoms with van der Waals surface area (Å²) in [4.78, 5) is 10.2. The minimum absolute atomic E-state index is 0.103. The van der Waals surface area contributed by atoms with Crippen LogP contribution in [0.5, 0.6) is 0 Å². The number of hydrogen-bond donors (Lipinski definition) is 3. The highest BCUT2D eigenvalue weighted by molar-refractivity contribution is 5.66. The van der Waals surface area contributed by atoms with E-state index in [1.54, 1.807) is 0 Å². The summed E-state index contributed by atoms with van der Waals surface area (Å²) in [5.41, 5.74) is 0. The van der Waals surface area contributed by atoms with Crippen LogP contribution in [-0.4, -0.2) is 27.1 Å². The molecule has 0 saturated heterocycles. The summed E-state index contributed by atoms with van der Waals surface area (Å²) in [7, 11) is 0. The fraction of sp³-hybridized carbons (Fsp3) is 0.917. The van der Waals surface area contributed by atoms with Crippen LogP contribution in [0.2, 0.25) is 0 Å². The average Bonchev–Trinajstić information content (AvgIpc) is 2.19. The largest absolute Gasteiger partial charge is 0.481 e. The predicted molar refractivity (Wildman–Crippen MR) is 62.0 cm³/mol. The van der Waals surface area contributed by atoms with E-state index < -0.39 is 11.8 Å². The Morgan fingerprint density at radius 2 is 1.56 bits per heavy atom. The van der Waals surface area contributed by atoms with Crippen molar-refractivity contribution < 1.29 is 20.1 Å². The topological polar surface area (TPSA) is 77.8 Å². The number of carboxylic acids is 1. The van der Waals surface area contributed by atoms with Gasteiger partial charge in [-0.1, -0.05) is 26.2 Å². The molecule has 0 spiro atoms. The highest BCUT2D eigenvalue weighted by Gasteiger charge is 2.21. The van der Waals surface area contributed by atoms with E-state index in [9.17, 15) is 15.0 Å². The zero-order valence-corrected chi connectivity index (χ0v) is 10.1. The van der Waals surface area contributed by atoms with Crippen molar-refractivity contribution in [2.75, 3.05) is 0 Å². The molecule has 16 heavy (non-hydrogen) atoms. The van der Waals surface area contributed by atoms with E-state index >= 15 is 0 Å². The molecule has 0 amide bonds. The first-order chi connectivity index (χ1) is 7.48. The van der Waals surface area contributed by atoms with Gasteiger partial charge in [-0.05, 0) is 19.3 Å². The second-order valence-electron chi connectivity index (χ2n) is 4.39. The van der Waals surface area contributed by atoms with Crippen molar-refractivity contribution in [1.29, 1.82) is 0 Å². The lowest BCUT2D eigenvalue weighted by atomic mass is 10.0. The fourth-order valence-electron chi connectivity index (χ4n) is 1.64. The van der Waals surface area contributed by atoms with Gasteiger partial charge in [0.2, 0.25) is 0 Å². The van der Waals surface area contributed by atoms with E-state index in [4.69, 9.17) is 5.11 Å². The van der Waals surface area contributed by atoms with Crippen LogP contribution in [0.1, 0.15) is 64.7 Å². The Hall–Kier alpha value is -0.610. The van der Waals surface area contributed by atoms with Gasteiger partial charge >= 0.3 is 5.97 Å². The summed E-state index contributed by atoms with van der Waals surface area (Å²) >= 11 is 0. The summed E-state index contributed by atoms with van der Waals surface area (Å²) in [6, 6.07) is 0. The van der Waals surface area contributed by atoms with Crippen molar-refractivity contribution in [3.63, 3.8) is 0 Å². The van der Waals surface area contributed by atoms with Gasteiger partial charge in [-0.25, -0.2) is 0 Å². The molecule has 0 aromatic heterocycles. The van der Waals surface area contributed by atoms with Gasteiger partial charge in [0.25, 0.3) is 0 Å². The Morgan fingerprint density at radius 3 is 2.06 bits per heavy atom. The highest BCUT2D eigenvalue weighted by Crippen LogP contribution is 2.19. The van der Waals surface area contributed by atoms with Crippen LogP contribution in [0, 0.1) is 0 Å². The number of hydrogen-bond acceptors (Lipinski definition) is 3. The molecule has 0 fully saturated rings. The quantitative estimate of drug-likeness (QED) is 0.399. The van der Waals surface area contributed by atoms with Crippen molar-refractivity contribution in [1.82, 2.24) is 0 Å². The molecular weight excluding hydrogens is 208 g/mol. The zero-order chi connectivity index (χ0) is 12.4. The summed E-state index contributed by atoms with van der Waals surface area (Å²) < 4.78 is 0. The second kappa shape index (κ2) is 8.53. The average molecular weight is 232 g/mol. The van der Waals surface area contributed by atoms with E-state index in [0.717, 1.165) is 25.7 Å². The third-order valence-corrected chi connectivity index (χ3v) is 2.65. The molecule has 0 heterocycles. The number of aliphatic hydroxyl groups is 2. The first-order valence-electron chi connectivity index (χ1n) is 6.14. The second-order valence-corrected chi connectivity index (χ2v) is 4.39. The maximum atomic E-state index is 10.2. The Balaban J connectivity index is 3.49. The van der Waals surface area contributed by atoms with E-state index in [2.05, 4.69) is 6.92 Å². The van der Waals surface area contributed by atoms with Crippen LogP contribution in [0.15, 0.2) is 0 Å². The van der Waals surface area contributed by atoms with Gasteiger partial charge in [0.15, 0.2) is 5.79 Å². The van der Waals surface area contributed by atoms with Gasteiger partial charge in [0.05, 0.1) is 0 Å². The van der Waals surface area contributed by atoms with Gasteiger partial charge in [-0.15, -0.1) is 0 Å². The molecule has 96 valence electrons. The maximum Gasteiger partial charge on any atom is 0.303 e. The van der Waals surface area contributed by atoms with Crippen LogP contribution in [0.3, 0.4) is 0 Å². The molecule has 4 nitrogen and oxygen atoms in total. The molecule has 0 aliphatic heterocycles. The molecule has 0 saturated carbocycles. The Labute approximate surface area is 97.3 Å². The van der Waals surface area contributed by atoms with E-state index in [-0.39, 0.29) is 12.8 Å². The Morgan fingerprint density at radius 1 is 1.00 bits per heavy atom. The third kappa shape index (κ3) is 9.93. The highest BCUT2D eigenvalue weighted by atomic mass is 16.5. The van der Waals surface area contributed by atoms with Crippen molar-refractivity contribution in [3.05, 3.63) is 0 Å². The molecular formula is C12H24O4. The van der Waals surface area contributed by atoms with Crippen molar-refractivity contribution in [3.8, 4) is 0 Å². The minimum Gasteiger partial charge on any atom is -0.481 e. The molecule has 3 N–H and O–H groups in total. The summed E-state index contributed by atoms with van der Waals surface area (Å²) in [5, 5.41) is 27.6. The van der Waals surface area contributed by atoms with Crippen LogP contribution in [-0.2, 0) is 4.79 Å². The summed E-state index contributed by atoms with van der Waals surface area (Å²) in [5.74, 6) is -2.43. The Kier molecular flexibility index (Phi) is 8.21. The standard InChI is InChI=1S/C12H24O4/c1-2-3-4-6-9-12(15,16)10-7-5-8-11(13)14/h15-16H,2-10H2,1H3,(H,13,14). The number of rotatable bonds is 10. The van der Waals surface area contributed by atoms with E-state index in [1.807, 2.05) is 0 Å². The predicted octanol–water partition coefficient (Wildman–Crippen LogP) is 2.28. The molecule has 4 heteroatoms. The first kappa shape index (κ1) is 15.4. The van der Waals surface area contributed by atoms with E-state index in [1.165, 1.54) is 0 Å². The van der Waals surface area contributed by atoms with Crippen molar-refractivity contribution in [2.45, 2.75) is 70.5 Å². The zero-order valence-electron chi connectivity index (χ0n) is 10.1. The van der Waals surface area contributed by atoms with Gasteiger partial charge < -0.3 is 15.3 Å². The lowest BCUT2D eigenvalue weighted by Gasteiger charge is -2.21. The SMILES string of the molecule is CCCCCCC(O)(O)CCCCC(=O)O. The maximum absolute atomic E-state index is 10.2. The van der Waals surface area contributed by atoms with Crippen molar-refractivity contribution >= 4 is 5.97 Å². The molecule has 0 aromatic carbocycles. The van der Waals surface area contributed by atoms with Crippen LogP contribution in [0.25, 0.3) is 0 Å². The first-order valence-corrected chi connectivity index (χ1v) is 6.14. The van der Waals surface area contributed by atoms with Gasteiger partial charge in [0.1, 0.15) is 0 Å². The molecule has 0 unspecified atom stereocenters. The number of carbonyl (C=O) groups is 1. The molecule has 0 atom stereocenters. The normalized spacial score (nSPS) is 11.7. The van der Waals surface area contributed by atoms with Gasteiger partial charge in [-0.3, -0.25) is 4.79 Å². The number of unbranched alkanes of at least 4 members (excludes halogenated alkanes) is 4. The van der Waals surface area contributed by atoms with Gasteiger partial charge in [0, 0.05) is 19.3 Å². The van der Waals surface area contributed by atoms with Gasteiger partial charge in [-0.2, -0.15) is 0 Å². The fourth-order valence-corrected chi connectivity index (χ4v) is 1.64. The van der Waals surface area contributed by atoms with E-state index in [0.29, 0.717) is 19.3 Å². The monoisotopic (exact) mass is 232 g/mol. The smallest absolute Gasteiger partial charge is 0.303 e. The molecule has 0 aromatic rings. The molecule has 0 aliphatic carbocycles. The van der Waals surface area contributed by atoms with Crippen LogP contribution >= 0.6 is 0 Å². The van der Waals surface area contributed by atoms with Crippen molar-refractivity contribution in [2.24, 2.45) is 0 Å². The summed E-state index contributed by atoms with van der Waals surface area (Å²) in [6.45, 7) is 2.11. The molecule has 0 bridgehead atoms. The number of carboxylic acid groups (broad SMARTS) is 1. The summed E-state index contributed by atoms with van der Waals surface area (Å²) in [6.07, 6.45) is 5.91. The number of aliphatic carboxylic acids is 1. The minimum atomic E-state index is -1.60. The molecule has 0 aliphatic rings. The lowest BCUT2D eigenvalue weighted by Crippen LogP contribution is -2.27.